The summed E-state index contributed by atoms with van der Waals surface area (Å²) < 4.78 is 0. The minimum Gasteiger partial charge on any atom is -0.383 e. The predicted octanol–water partition coefficient (Wildman–Crippen LogP) is 3.74. The highest BCUT2D eigenvalue weighted by Crippen LogP contribution is 2.32. The number of carbonyl (C=O) groups is 4. The van der Waals surface area contributed by atoms with Crippen molar-refractivity contribution in [1.29, 1.82) is 0 Å². The molecule has 4 atom stereocenters. The van der Waals surface area contributed by atoms with Crippen molar-refractivity contribution in [3.8, 4) is 10.4 Å². The Hall–Kier alpha value is -3.04. The number of likely N-dealkylation sites (tertiary alicyclic amines) is 2. The van der Waals surface area contributed by atoms with Crippen molar-refractivity contribution in [3.63, 3.8) is 0 Å². The van der Waals surface area contributed by atoms with E-state index in [2.05, 4.69) is 5.32 Å². The molecule has 4 rings (SSSR count). The number of thiophene rings is 1. The van der Waals surface area contributed by atoms with Crippen LogP contribution in [0.2, 0.25) is 0 Å². The topological polar surface area (TPSA) is 107 Å². The van der Waals surface area contributed by atoms with Crippen molar-refractivity contribution in [2.24, 2.45) is 11.8 Å². The summed E-state index contributed by atoms with van der Waals surface area (Å²) in [4.78, 5) is 57.0. The Morgan fingerprint density at radius 2 is 1.72 bits per heavy atom. The molecule has 2 fully saturated rings. The van der Waals surface area contributed by atoms with Gasteiger partial charge in [0.05, 0.1) is 12.6 Å². The number of ketones is 1. The standard InChI is InChI=1S/C30H39N3O5S/c1-18(2)7-12-24(34)30(38)33-17-25(35)27-23(33)13-14-32(27)29(37)22(16-19(3)4)31-28(36)21-10-8-20(9-11-21)26-6-5-15-39-26/h5-6,8-11,15,18-19,22-24,27,34H,7,12-14,16-17H2,1-4H3,(H,31,36). The van der Waals surface area contributed by atoms with E-state index in [1.165, 1.54) is 9.80 Å². The summed E-state index contributed by atoms with van der Waals surface area (Å²) in [6, 6.07) is 9.31. The minimum atomic E-state index is -1.15. The molecule has 2 aliphatic rings. The first-order valence-corrected chi connectivity index (χ1v) is 14.7. The Labute approximate surface area is 234 Å². The molecule has 0 spiro atoms. The molecule has 3 amide bonds. The fourth-order valence-corrected chi connectivity index (χ4v) is 6.26. The van der Waals surface area contributed by atoms with Crippen molar-refractivity contribution in [3.05, 3.63) is 47.3 Å². The molecular formula is C30H39N3O5S. The van der Waals surface area contributed by atoms with Crippen molar-refractivity contribution in [1.82, 2.24) is 15.1 Å². The van der Waals surface area contributed by atoms with Gasteiger partial charge in [-0.3, -0.25) is 19.2 Å². The van der Waals surface area contributed by atoms with Crippen molar-refractivity contribution in [2.45, 2.75) is 77.6 Å². The van der Waals surface area contributed by atoms with Crippen LogP contribution in [0.4, 0.5) is 0 Å². The van der Waals surface area contributed by atoms with Gasteiger partial charge in [-0.15, -0.1) is 11.3 Å². The average Bonchev–Trinajstić information content (AvgIpc) is 3.65. The predicted molar refractivity (Wildman–Crippen MR) is 151 cm³/mol. The normalized spacial score (nSPS) is 20.4. The van der Waals surface area contributed by atoms with Crippen molar-refractivity contribution < 1.29 is 24.3 Å². The molecule has 0 bridgehead atoms. The Morgan fingerprint density at radius 1 is 1.00 bits per heavy atom. The maximum absolute atomic E-state index is 13.7. The highest BCUT2D eigenvalue weighted by atomic mass is 32.1. The summed E-state index contributed by atoms with van der Waals surface area (Å²) >= 11 is 1.62. The third-order valence-electron chi connectivity index (χ3n) is 7.55. The summed E-state index contributed by atoms with van der Waals surface area (Å²) in [6.07, 6.45) is 0.801. The van der Waals surface area contributed by atoms with Crippen LogP contribution in [-0.4, -0.2) is 75.7 Å². The number of carbonyl (C=O) groups excluding carboxylic acids is 4. The molecule has 1 aromatic heterocycles. The van der Waals surface area contributed by atoms with Crippen LogP contribution in [0, 0.1) is 11.8 Å². The first-order chi connectivity index (χ1) is 18.6. The minimum absolute atomic E-state index is 0.103. The number of nitrogens with one attached hydrogen (secondary N) is 1. The van der Waals surface area contributed by atoms with Gasteiger partial charge in [0, 0.05) is 17.0 Å². The number of nitrogens with zero attached hydrogens (tertiary/aromatic N) is 2. The number of hydrogen-bond donors (Lipinski definition) is 2. The number of hydrogen-bond acceptors (Lipinski definition) is 6. The van der Waals surface area contributed by atoms with Crippen LogP contribution >= 0.6 is 11.3 Å². The lowest BCUT2D eigenvalue weighted by molar-refractivity contribution is -0.142. The Bertz CT molecular complexity index is 1180. The lowest BCUT2D eigenvalue weighted by Crippen LogP contribution is -2.53. The van der Waals surface area contributed by atoms with Crippen molar-refractivity contribution >= 4 is 34.8 Å². The van der Waals surface area contributed by atoms with Gasteiger partial charge in [0.15, 0.2) is 5.78 Å². The Morgan fingerprint density at radius 3 is 2.33 bits per heavy atom. The van der Waals surface area contributed by atoms with Gasteiger partial charge >= 0.3 is 0 Å². The largest absolute Gasteiger partial charge is 0.383 e. The van der Waals surface area contributed by atoms with Gasteiger partial charge in [0.25, 0.3) is 11.8 Å². The molecule has 3 heterocycles. The van der Waals surface area contributed by atoms with Gasteiger partial charge in [0.2, 0.25) is 5.91 Å². The summed E-state index contributed by atoms with van der Waals surface area (Å²) in [7, 11) is 0. The van der Waals surface area contributed by atoms with Crippen molar-refractivity contribution in [2.75, 3.05) is 13.1 Å². The number of benzene rings is 1. The lowest BCUT2D eigenvalue weighted by Gasteiger charge is -2.29. The quantitative estimate of drug-likeness (QED) is 0.466. The van der Waals surface area contributed by atoms with Gasteiger partial charge < -0.3 is 20.2 Å². The molecule has 0 saturated carbocycles. The third kappa shape index (κ3) is 6.58. The Balaban J connectivity index is 1.45. The number of Topliss-reactive ketones (excluding diaryl/α,β-unsaturated/α-hetero) is 1. The molecule has 8 nitrogen and oxygen atoms in total. The van der Waals surface area contributed by atoms with E-state index in [1.54, 1.807) is 23.5 Å². The number of amides is 3. The molecule has 2 aliphatic heterocycles. The first-order valence-electron chi connectivity index (χ1n) is 13.8. The molecule has 4 unspecified atom stereocenters. The Kier molecular flexibility index (Phi) is 9.23. The fourth-order valence-electron chi connectivity index (χ4n) is 5.53. The van der Waals surface area contributed by atoms with Crippen LogP contribution in [-0.2, 0) is 14.4 Å². The van der Waals surface area contributed by atoms with Gasteiger partial charge in [-0.1, -0.05) is 45.9 Å². The smallest absolute Gasteiger partial charge is 0.252 e. The second kappa shape index (κ2) is 12.4. The highest BCUT2D eigenvalue weighted by Gasteiger charge is 2.52. The summed E-state index contributed by atoms with van der Waals surface area (Å²) in [5.74, 6) is -0.801. The molecular weight excluding hydrogens is 514 g/mol. The van der Waals surface area contributed by atoms with E-state index < -0.39 is 30.1 Å². The first kappa shape index (κ1) is 29.0. The van der Waals surface area contributed by atoms with E-state index in [4.69, 9.17) is 0 Å². The van der Waals surface area contributed by atoms with Crippen LogP contribution < -0.4 is 5.32 Å². The second-order valence-electron chi connectivity index (χ2n) is 11.5. The van der Waals surface area contributed by atoms with Crippen LogP contribution in [0.5, 0.6) is 0 Å². The van der Waals surface area contributed by atoms with Crippen LogP contribution in [0.1, 0.15) is 63.7 Å². The SMILES string of the molecule is CC(C)CCC(O)C(=O)N1CC(=O)C2C1CCN2C(=O)C(CC(C)C)NC(=O)c1ccc(-c2cccs2)cc1. The van der Waals surface area contributed by atoms with Crippen LogP contribution in [0.3, 0.4) is 0 Å². The highest BCUT2D eigenvalue weighted by molar-refractivity contribution is 7.13. The molecule has 210 valence electrons. The second-order valence-corrected chi connectivity index (χ2v) is 12.4. The number of aliphatic hydroxyl groups excluding tert-OH is 1. The monoisotopic (exact) mass is 553 g/mol. The summed E-state index contributed by atoms with van der Waals surface area (Å²) in [5.41, 5.74) is 1.48. The fraction of sp³-hybridized carbons (Fsp3) is 0.533. The molecule has 1 aromatic carbocycles. The van der Waals surface area contributed by atoms with Crippen LogP contribution in [0.25, 0.3) is 10.4 Å². The van der Waals surface area contributed by atoms with E-state index in [-0.39, 0.29) is 30.1 Å². The van der Waals surface area contributed by atoms with Crippen LogP contribution in [0.15, 0.2) is 41.8 Å². The van der Waals surface area contributed by atoms with E-state index in [9.17, 15) is 24.3 Å². The zero-order chi connectivity index (χ0) is 28.3. The van der Waals surface area contributed by atoms with Gasteiger partial charge in [-0.2, -0.15) is 0 Å². The summed E-state index contributed by atoms with van der Waals surface area (Å²) in [5, 5.41) is 15.4. The molecule has 0 radical (unpaired) electrons. The van der Waals surface area contributed by atoms with E-state index >= 15 is 0 Å². The average molecular weight is 554 g/mol. The van der Waals surface area contributed by atoms with Gasteiger partial charge in [0.1, 0.15) is 18.2 Å². The van der Waals surface area contributed by atoms with E-state index in [0.717, 1.165) is 10.4 Å². The molecule has 2 saturated heterocycles. The molecule has 2 N–H and O–H groups in total. The number of aliphatic hydroxyl groups is 1. The zero-order valence-electron chi connectivity index (χ0n) is 23.1. The van der Waals surface area contributed by atoms with Gasteiger partial charge in [-0.05, 0) is 66.7 Å². The maximum Gasteiger partial charge on any atom is 0.252 e. The van der Waals surface area contributed by atoms with E-state index in [0.29, 0.717) is 43.7 Å². The number of fused-ring (bicyclic) bond motifs is 1. The molecule has 9 heteroatoms. The summed E-state index contributed by atoms with van der Waals surface area (Å²) in [6.45, 7) is 8.24. The number of rotatable bonds is 10. The molecule has 2 aromatic rings. The zero-order valence-corrected chi connectivity index (χ0v) is 23.9. The molecule has 39 heavy (non-hydrogen) atoms. The lowest BCUT2D eigenvalue weighted by atomic mass is 10.0. The third-order valence-corrected chi connectivity index (χ3v) is 8.47. The maximum atomic E-state index is 13.7. The van der Waals surface area contributed by atoms with E-state index in [1.807, 2.05) is 57.3 Å². The molecule has 0 aliphatic carbocycles. The van der Waals surface area contributed by atoms with Gasteiger partial charge in [-0.25, -0.2) is 0 Å².